The first-order valence-electron chi connectivity index (χ1n) is 8.87. The summed E-state index contributed by atoms with van der Waals surface area (Å²) in [6.07, 6.45) is 3.07. The Kier molecular flexibility index (Phi) is 7.21. The number of carbonyl (C=O) groups excluding carboxylic acids is 2. The lowest BCUT2D eigenvalue weighted by atomic mass is 10.1. The van der Waals surface area contributed by atoms with E-state index in [1.807, 2.05) is 32.0 Å². The number of aryl methyl sites for hydroxylation is 2. The highest BCUT2D eigenvalue weighted by molar-refractivity contribution is 5.98. The van der Waals surface area contributed by atoms with Crippen molar-refractivity contribution in [3.8, 4) is 11.5 Å². The summed E-state index contributed by atoms with van der Waals surface area (Å²) in [6.45, 7) is 3.82. The largest absolute Gasteiger partial charge is 0.497 e. The van der Waals surface area contributed by atoms with E-state index in [0.29, 0.717) is 11.5 Å². The molecule has 6 heteroatoms. The maximum atomic E-state index is 12.4. The number of para-hydroxylation sites is 1. The van der Waals surface area contributed by atoms with Gasteiger partial charge in [-0.05, 0) is 43.2 Å². The molecular formula is C22H26N2O4. The molecule has 0 saturated heterocycles. The van der Waals surface area contributed by atoms with E-state index in [0.717, 1.165) is 22.4 Å². The van der Waals surface area contributed by atoms with Crippen LogP contribution in [0.15, 0.2) is 42.5 Å². The van der Waals surface area contributed by atoms with Gasteiger partial charge in [0.1, 0.15) is 11.5 Å². The lowest BCUT2D eigenvalue weighted by Gasteiger charge is -2.17. The van der Waals surface area contributed by atoms with Crippen LogP contribution in [0.25, 0.3) is 6.08 Å². The molecular weight excluding hydrogens is 356 g/mol. The highest BCUT2D eigenvalue weighted by atomic mass is 16.5. The van der Waals surface area contributed by atoms with Crippen molar-refractivity contribution in [1.82, 2.24) is 4.90 Å². The zero-order valence-electron chi connectivity index (χ0n) is 16.9. The van der Waals surface area contributed by atoms with Crippen LogP contribution in [0.5, 0.6) is 11.5 Å². The minimum Gasteiger partial charge on any atom is -0.497 e. The second-order valence-electron chi connectivity index (χ2n) is 6.45. The SMILES string of the molecule is COc1ccc(/C=C/C(=O)N(C)CC(=O)Nc2c(C)cccc2C)c(OC)c1. The van der Waals surface area contributed by atoms with Gasteiger partial charge in [-0.25, -0.2) is 0 Å². The van der Waals surface area contributed by atoms with Gasteiger partial charge < -0.3 is 19.7 Å². The van der Waals surface area contributed by atoms with Gasteiger partial charge in [0.25, 0.3) is 0 Å². The van der Waals surface area contributed by atoms with Crippen molar-refractivity contribution < 1.29 is 19.1 Å². The molecule has 6 nitrogen and oxygen atoms in total. The molecule has 0 bridgehead atoms. The highest BCUT2D eigenvalue weighted by Crippen LogP contribution is 2.25. The highest BCUT2D eigenvalue weighted by Gasteiger charge is 2.13. The Bertz CT molecular complexity index is 870. The monoisotopic (exact) mass is 382 g/mol. The zero-order valence-corrected chi connectivity index (χ0v) is 16.9. The molecule has 0 atom stereocenters. The van der Waals surface area contributed by atoms with Crippen LogP contribution in [0.2, 0.25) is 0 Å². The predicted molar refractivity (Wildman–Crippen MR) is 111 cm³/mol. The minimum absolute atomic E-state index is 0.0449. The van der Waals surface area contributed by atoms with Crippen LogP contribution in [-0.4, -0.2) is 44.5 Å². The lowest BCUT2D eigenvalue weighted by molar-refractivity contribution is -0.129. The van der Waals surface area contributed by atoms with Crippen molar-refractivity contribution in [2.75, 3.05) is 33.1 Å². The number of ether oxygens (including phenoxy) is 2. The molecule has 2 rings (SSSR count). The molecule has 0 fully saturated rings. The molecule has 2 amide bonds. The van der Waals surface area contributed by atoms with E-state index < -0.39 is 0 Å². The molecule has 0 saturated carbocycles. The van der Waals surface area contributed by atoms with Crippen molar-refractivity contribution in [1.29, 1.82) is 0 Å². The molecule has 0 aliphatic heterocycles. The Morgan fingerprint density at radius 1 is 1.07 bits per heavy atom. The Balaban J connectivity index is 2.01. The van der Waals surface area contributed by atoms with Crippen molar-refractivity contribution in [2.45, 2.75) is 13.8 Å². The van der Waals surface area contributed by atoms with E-state index in [2.05, 4.69) is 5.32 Å². The smallest absolute Gasteiger partial charge is 0.246 e. The van der Waals surface area contributed by atoms with Gasteiger partial charge in [0.15, 0.2) is 0 Å². The number of hydrogen-bond donors (Lipinski definition) is 1. The van der Waals surface area contributed by atoms with Crippen LogP contribution in [-0.2, 0) is 9.59 Å². The third-order valence-electron chi connectivity index (χ3n) is 4.35. The fourth-order valence-electron chi connectivity index (χ4n) is 2.73. The van der Waals surface area contributed by atoms with Crippen LogP contribution in [0.3, 0.4) is 0 Å². The van der Waals surface area contributed by atoms with Crippen molar-refractivity contribution in [3.63, 3.8) is 0 Å². The molecule has 148 valence electrons. The first-order valence-corrected chi connectivity index (χ1v) is 8.87. The summed E-state index contributed by atoms with van der Waals surface area (Å²) in [7, 11) is 4.71. The normalized spacial score (nSPS) is 10.6. The molecule has 1 N–H and O–H groups in total. The number of hydrogen-bond acceptors (Lipinski definition) is 4. The minimum atomic E-state index is -0.283. The Hall–Kier alpha value is -3.28. The van der Waals surface area contributed by atoms with Gasteiger partial charge in [-0.2, -0.15) is 0 Å². The number of nitrogens with zero attached hydrogens (tertiary/aromatic N) is 1. The zero-order chi connectivity index (χ0) is 20.7. The standard InChI is InChI=1S/C22H26N2O4/c1-15-7-6-8-16(2)22(15)23-20(25)14-24(3)21(26)12-10-17-9-11-18(27-4)13-19(17)28-5/h6-13H,14H2,1-5H3,(H,23,25)/b12-10+. The molecule has 0 aromatic heterocycles. The molecule has 28 heavy (non-hydrogen) atoms. The van der Waals surface area contributed by atoms with E-state index >= 15 is 0 Å². The van der Waals surface area contributed by atoms with Crippen LogP contribution >= 0.6 is 0 Å². The number of likely N-dealkylation sites (N-methyl/N-ethyl adjacent to an activating group) is 1. The first kappa shape index (κ1) is 21.0. The van der Waals surface area contributed by atoms with Gasteiger partial charge >= 0.3 is 0 Å². The van der Waals surface area contributed by atoms with E-state index in [9.17, 15) is 9.59 Å². The summed E-state index contributed by atoms with van der Waals surface area (Å²) in [5.41, 5.74) is 3.49. The summed E-state index contributed by atoms with van der Waals surface area (Å²) in [6, 6.07) is 11.1. The molecule has 0 unspecified atom stereocenters. The van der Waals surface area contributed by atoms with E-state index in [1.54, 1.807) is 45.5 Å². The number of methoxy groups -OCH3 is 2. The second kappa shape index (κ2) is 9.60. The van der Waals surface area contributed by atoms with Crippen molar-refractivity contribution in [3.05, 3.63) is 59.2 Å². The quantitative estimate of drug-likeness (QED) is 0.745. The summed E-state index contributed by atoms with van der Waals surface area (Å²) < 4.78 is 10.5. The number of nitrogens with one attached hydrogen (secondary N) is 1. The Morgan fingerprint density at radius 2 is 1.75 bits per heavy atom. The van der Waals surface area contributed by atoms with Crippen molar-refractivity contribution >= 4 is 23.6 Å². The summed E-state index contributed by atoms with van der Waals surface area (Å²) >= 11 is 0. The summed E-state index contributed by atoms with van der Waals surface area (Å²) in [5, 5.41) is 2.88. The first-order chi connectivity index (χ1) is 13.3. The number of anilines is 1. The average molecular weight is 382 g/mol. The van der Waals surface area contributed by atoms with Crippen LogP contribution in [0, 0.1) is 13.8 Å². The maximum absolute atomic E-state index is 12.4. The van der Waals surface area contributed by atoms with Gasteiger partial charge in [-0.15, -0.1) is 0 Å². The van der Waals surface area contributed by atoms with Gasteiger partial charge in [0.2, 0.25) is 11.8 Å². The molecule has 0 aliphatic carbocycles. The molecule has 2 aromatic carbocycles. The number of amides is 2. The molecule has 0 spiro atoms. The van der Waals surface area contributed by atoms with Gasteiger partial charge in [0, 0.05) is 30.4 Å². The number of carbonyl (C=O) groups is 2. The average Bonchev–Trinajstić information content (AvgIpc) is 2.68. The Morgan fingerprint density at radius 3 is 2.36 bits per heavy atom. The molecule has 0 heterocycles. The maximum Gasteiger partial charge on any atom is 0.246 e. The number of benzene rings is 2. The summed E-state index contributed by atoms with van der Waals surface area (Å²) in [4.78, 5) is 26.0. The third-order valence-corrected chi connectivity index (χ3v) is 4.35. The fourth-order valence-corrected chi connectivity index (χ4v) is 2.73. The van der Waals surface area contributed by atoms with Crippen LogP contribution < -0.4 is 14.8 Å². The van der Waals surface area contributed by atoms with Gasteiger partial charge in [-0.3, -0.25) is 9.59 Å². The van der Waals surface area contributed by atoms with E-state index in [4.69, 9.17) is 9.47 Å². The van der Waals surface area contributed by atoms with E-state index in [1.165, 1.54) is 11.0 Å². The third kappa shape index (κ3) is 5.36. The van der Waals surface area contributed by atoms with Crippen molar-refractivity contribution in [2.24, 2.45) is 0 Å². The molecule has 0 radical (unpaired) electrons. The Labute approximate surface area is 165 Å². The van der Waals surface area contributed by atoms with E-state index in [-0.39, 0.29) is 18.4 Å². The predicted octanol–water partition coefficient (Wildman–Crippen LogP) is 3.43. The van der Waals surface area contributed by atoms with Gasteiger partial charge in [0.05, 0.1) is 20.8 Å². The van der Waals surface area contributed by atoms with Gasteiger partial charge in [-0.1, -0.05) is 18.2 Å². The lowest BCUT2D eigenvalue weighted by Crippen LogP contribution is -2.34. The molecule has 2 aromatic rings. The number of rotatable bonds is 7. The molecule has 0 aliphatic rings. The topological polar surface area (TPSA) is 67.9 Å². The fraction of sp³-hybridized carbons (Fsp3) is 0.273. The van der Waals surface area contributed by atoms with Crippen LogP contribution in [0.4, 0.5) is 5.69 Å². The second-order valence-corrected chi connectivity index (χ2v) is 6.45. The summed E-state index contributed by atoms with van der Waals surface area (Å²) in [5.74, 6) is 0.734. The van der Waals surface area contributed by atoms with Crippen LogP contribution in [0.1, 0.15) is 16.7 Å².